The van der Waals surface area contributed by atoms with E-state index in [2.05, 4.69) is 25.6 Å². The van der Waals surface area contributed by atoms with E-state index in [1.807, 2.05) is 21.0 Å². The highest BCUT2D eigenvalue weighted by molar-refractivity contribution is 14.0. The fraction of sp³-hybridized carbons (Fsp3) is 0.765. The van der Waals surface area contributed by atoms with Crippen molar-refractivity contribution in [1.29, 1.82) is 0 Å². The number of guanidine groups is 1. The summed E-state index contributed by atoms with van der Waals surface area (Å²) in [6.45, 7) is 4.53. The summed E-state index contributed by atoms with van der Waals surface area (Å²) in [5, 5.41) is 6.62. The Hall–Kier alpha value is -0.450. The first kappa shape index (κ1) is 22.6. The maximum absolute atomic E-state index is 5.33. The Morgan fingerprint density at radius 2 is 2.20 bits per heavy atom. The number of nitrogens with one attached hydrogen (secondary N) is 1. The zero-order valence-corrected chi connectivity index (χ0v) is 19.0. The number of thiazole rings is 1. The summed E-state index contributed by atoms with van der Waals surface area (Å²) in [5.74, 6) is 0.910. The standard InChI is InChI=1S/C17H30N4O2S.HI/c1-13(23-5)15-20-14(11-24-15)10-21(3)16(18-2)19-12-17(6-7-17)8-9-22-4;/h11,13H,6-10,12H2,1-5H3,(H,18,19);1H. The van der Waals surface area contributed by atoms with Gasteiger partial charge in [0.25, 0.3) is 0 Å². The monoisotopic (exact) mass is 482 g/mol. The van der Waals surface area contributed by atoms with Crippen molar-refractivity contribution in [2.24, 2.45) is 10.4 Å². The van der Waals surface area contributed by atoms with Crippen molar-refractivity contribution in [2.45, 2.75) is 38.8 Å². The molecule has 1 heterocycles. The SMILES string of the molecule is CN=C(NCC1(CCOC)CC1)N(C)Cc1csc(C(C)OC)n1.I. The van der Waals surface area contributed by atoms with Crippen molar-refractivity contribution in [3.05, 3.63) is 16.1 Å². The molecule has 1 fully saturated rings. The lowest BCUT2D eigenvalue weighted by Gasteiger charge is -2.24. The van der Waals surface area contributed by atoms with E-state index < -0.39 is 0 Å². The lowest BCUT2D eigenvalue weighted by atomic mass is 10.0. The van der Waals surface area contributed by atoms with E-state index in [-0.39, 0.29) is 30.1 Å². The van der Waals surface area contributed by atoms with Crippen LogP contribution in [0.25, 0.3) is 0 Å². The summed E-state index contributed by atoms with van der Waals surface area (Å²) in [6, 6.07) is 0. The van der Waals surface area contributed by atoms with Crippen molar-refractivity contribution in [2.75, 3.05) is 41.5 Å². The predicted octanol–water partition coefficient (Wildman–Crippen LogP) is 3.29. The largest absolute Gasteiger partial charge is 0.385 e. The smallest absolute Gasteiger partial charge is 0.193 e. The molecule has 144 valence electrons. The molecule has 1 aromatic heterocycles. The minimum atomic E-state index is 0. The van der Waals surface area contributed by atoms with Gasteiger partial charge in [0, 0.05) is 46.8 Å². The summed E-state index contributed by atoms with van der Waals surface area (Å²) in [5.41, 5.74) is 1.44. The maximum atomic E-state index is 5.33. The quantitative estimate of drug-likeness (QED) is 0.333. The highest BCUT2D eigenvalue weighted by Gasteiger charge is 2.42. The van der Waals surface area contributed by atoms with Gasteiger partial charge in [0.1, 0.15) is 11.1 Å². The van der Waals surface area contributed by atoms with E-state index in [9.17, 15) is 0 Å². The van der Waals surface area contributed by atoms with Crippen LogP contribution >= 0.6 is 35.3 Å². The van der Waals surface area contributed by atoms with Crippen LogP contribution in [-0.4, -0.2) is 57.3 Å². The number of hydrogen-bond acceptors (Lipinski definition) is 5. The van der Waals surface area contributed by atoms with Crippen LogP contribution in [0.3, 0.4) is 0 Å². The topological polar surface area (TPSA) is 59.0 Å². The van der Waals surface area contributed by atoms with E-state index in [1.54, 1.807) is 25.6 Å². The van der Waals surface area contributed by atoms with Gasteiger partial charge in [0.2, 0.25) is 0 Å². The second-order valence-corrected chi connectivity index (χ2v) is 7.44. The Bertz CT molecular complexity index is 549. The Labute approximate surface area is 172 Å². The first-order valence-corrected chi connectivity index (χ1v) is 9.29. The molecule has 1 atom stereocenters. The molecule has 1 saturated carbocycles. The second-order valence-electron chi connectivity index (χ2n) is 6.55. The summed E-state index contributed by atoms with van der Waals surface area (Å²) in [6.07, 6.45) is 3.70. The number of hydrogen-bond donors (Lipinski definition) is 1. The third-order valence-corrected chi connectivity index (χ3v) is 5.71. The first-order valence-electron chi connectivity index (χ1n) is 8.41. The maximum Gasteiger partial charge on any atom is 0.193 e. The number of methoxy groups -OCH3 is 2. The van der Waals surface area contributed by atoms with Crippen molar-refractivity contribution in [1.82, 2.24) is 15.2 Å². The van der Waals surface area contributed by atoms with Gasteiger partial charge in [-0.2, -0.15) is 0 Å². The lowest BCUT2D eigenvalue weighted by molar-refractivity contribution is 0.119. The Balaban J connectivity index is 0.00000312. The van der Waals surface area contributed by atoms with Crippen LogP contribution in [0.2, 0.25) is 0 Å². The molecule has 0 bridgehead atoms. The Morgan fingerprint density at radius 3 is 2.76 bits per heavy atom. The summed E-state index contributed by atoms with van der Waals surface area (Å²) >= 11 is 1.64. The number of halogens is 1. The average Bonchev–Trinajstić information content (AvgIpc) is 3.21. The third kappa shape index (κ3) is 6.65. The highest BCUT2D eigenvalue weighted by Crippen LogP contribution is 2.48. The molecule has 1 aliphatic rings. The molecule has 8 heteroatoms. The van der Waals surface area contributed by atoms with Crippen LogP contribution in [-0.2, 0) is 16.0 Å². The average molecular weight is 482 g/mol. The number of ether oxygens (including phenoxy) is 2. The molecule has 0 spiro atoms. The number of nitrogens with zero attached hydrogens (tertiary/aromatic N) is 3. The van der Waals surface area contributed by atoms with Crippen LogP contribution in [0, 0.1) is 5.41 Å². The molecule has 1 aliphatic carbocycles. The molecule has 0 amide bonds. The number of aromatic nitrogens is 1. The predicted molar refractivity (Wildman–Crippen MR) is 114 cm³/mol. The molecule has 0 radical (unpaired) electrons. The zero-order valence-electron chi connectivity index (χ0n) is 15.9. The van der Waals surface area contributed by atoms with Gasteiger partial charge in [-0.1, -0.05) is 0 Å². The molecule has 25 heavy (non-hydrogen) atoms. The first-order chi connectivity index (χ1) is 11.5. The molecule has 1 unspecified atom stereocenters. The van der Waals surface area contributed by atoms with Gasteiger partial charge in [-0.3, -0.25) is 4.99 Å². The van der Waals surface area contributed by atoms with Crippen LogP contribution in [0.5, 0.6) is 0 Å². The van der Waals surface area contributed by atoms with E-state index in [0.29, 0.717) is 5.41 Å². The van der Waals surface area contributed by atoms with Gasteiger partial charge >= 0.3 is 0 Å². The van der Waals surface area contributed by atoms with Crippen molar-refractivity contribution in [3.8, 4) is 0 Å². The van der Waals surface area contributed by atoms with Gasteiger partial charge in [0.15, 0.2) is 5.96 Å². The Kier molecular flexibility index (Phi) is 9.61. The van der Waals surface area contributed by atoms with E-state index in [0.717, 1.165) is 42.8 Å². The molecule has 0 aliphatic heterocycles. The van der Waals surface area contributed by atoms with Gasteiger partial charge in [-0.15, -0.1) is 35.3 Å². The molecule has 1 N–H and O–H groups in total. The van der Waals surface area contributed by atoms with E-state index >= 15 is 0 Å². The van der Waals surface area contributed by atoms with Crippen LogP contribution in [0.1, 0.15) is 43.0 Å². The van der Waals surface area contributed by atoms with Crippen LogP contribution < -0.4 is 5.32 Å². The van der Waals surface area contributed by atoms with E-state index in [4.69, 9.17) is 9.47 Å². The van der Waals surface area contributed by atoms with Crippen LogP contribution in [0.15, 0.2) is 10.4 Å². The zero-order chi connectivity index (χ0) is 17.6. The fourth-order valence-corrected chi connectivity index (χ4v) is 3.50. The summed E-state index contributed by atoms with van der Waals surface area (Å²) in [4.78, 5) is 11.2. The number of aliphatic imine (C=N–C) groups is 1. The Morgan fingerprint density at radius 1 is 1.48 bits per heavy atom. The minimum Gasteiger partial charge on any atom is -0.385 e. The molecular weight excluding hydrogens is 451 g/mol. The van der Waals surface area contributed by atoms with Crippen molar-refractivity contribution in [3.63, 3.8) is 0 Å². The minimum absolute atomic E-state index is 0. The van der Waals surface area contributed by atoms with Gasteiger partial charge in [-0.05, 0) is 31.6 Å². The molecule has 0 aromatic carbocycles. The summed E-state index contributed by atoms with van der Waals surface area (Å²) in [7, 11) is 7.35. The molecule has 6 nitrogen and oxygen atoms in total. The molecule has 2 rings (SSSR count). The lowest BCUT2D eigenvalue weighted by Crippen LogP contribution is -2.41. The highest BCUT2D eigenvalue weighted by atomic mass is 127. The molecule has 1 aromatic rings. The fourth-order valence-electron chi connectivity index (χ4n) is 2.66. The van der Waals surface area contributed by atoms with Crippen molar-refractivity contribution < 1.29 is 9.47 Å². The van der Waals surface area contributed by atoms with Gasteiger partial charge in [-0.25, -0.2) is 4.98 Å². The second kappa shape index (κ2) is 10.6. The third-order valence-electron chi connectivity index (χ3n) is 4.66. The van der Waals surface area contributed by atoms with E-state index in [1.165, 1.54) is 12.8 Å². The van der Waals surface area contributed by atoms with Crippen molar-refractivity contribution >= 4 is 41.3 Å². The van der Waals surface area contributed by atoms with Gasteiger partial charge in [0.05, 0.1) is 12.2 Å². The summed E-state index contributed by atoms with van der Waals surface area (Å²) < 4.78 is 10.5. The molecule has 0 saturated heterocycles. The molecular formula is C17H31IN4O2S. The number of rotatable bonds is 9. The van der Waals surface area contributed by atoms with Gasteiger partial charge < -0.3 is 19.7 Å². The van der Waals surface area contributed by atoms with Crippen LogP contribution in [0.4, 0.5) is 0 Å². The normalized spacial score (nSPS) is 16.9.